The molecule has 0 atom stereocenters. The van der Waals surface area contributed by atoms with Crippen LogP contribution < -0.4 is 0 Å². The van der Waals surface area contributed by atoms with Crippen molar-refractivity contribution in [2.75, 3.05) is 0 Å². The predicted molar refractivity (Wildman–Crippen MR) is 123 cm³/mol. The van der Waals surface area contributed by atoms with Crippen LogP contribution >= 0.6 is 11.6 Å². The highest BCUT2D eigenvalue weighted by atomic mass is 35.5. The second-order valence-corrected chi connectivity index (χ2v) is 9.63. The molecule has 0 spiro atoms. The van der Waals surface area contributed by atoms with Gasteiger partial charge in [0, 0.05) is 10.9 Å². The van der Waals surface area contributed by atoms with Gasteiger partial charge in [0.2, 0.25) is 0 Å². The Bertz CT molecular complexity index is 604. The third-order valence-corrected chi connectivity index (χ3v) is 7.71. The van der Waals surface area contributed by atoms with Crippen LogP contribution in [0.5, 0.6) is 0 Å². The van der Waals surface area contributed by atoms with E-state index in [0.717, 1.165) is 29.2 Å². The van der Waals surface area contributed by atoms with E-state index >= 15 is 0 Å². The SMILES string of the molecule is CCCCCCC[C@H]1CC[C@H](C2CCC(c3ccc(C#CCl)cc3)CC2)CC1. The molecule has 1 aromatic carbocycles. The average Bonchev–Trinajstić information content (AvgIpc) is 2.75. The summed E-state index contributed by atoms with van der Waals surface area (Å²) in [6.07, 6.45) is 20.4. The molecule has 0 bridgehead atoms. The summed E-state index contributed by atoms with van der Waals surface area (Å²) < 4.78 is 0. The summed E-state index contributed by atoms with van der Waals surface area (Å²) in [5.41, 5.74) is 2.53. The van der Waals surface area contributed by atoms with Crippen molar-refractivity contribution >= 4 is 11.6 Å². The number of rotatable bonds is 8. The van der Waals surface area contributed by atoms with Crippen LogP contribution in [-0.2, 0) is 0 Å². The van der Waals surface area contributed by atoms with Crippen LogP contribution in [0.4, 0.5) is 0 Å². The minimum Gasteiger partial charge on any atom is -0.0654 e. The Morgan fingerprint density at radius 2 is 1.39 bits per heavy atom. The molecule has 2 aliphatic carbocycles. The normalized spacial score (nSPS) is 27.8. The van der Waals surface area contributed by atoms with Crippen LogP contribution in [0, 0.1) is 29.1 Å². The molecule has 0 amide bonds. The minimum absolute atomic E-state index is 0.758. The van der Waals surface area contributed by atoms with E-state index in [1.165, 1.54) is 95.5 Å². The van der Waals surface area contributed by atoms with Crippen LogP contribution in [0.25, 0.3) is 0 Å². The Kier molecular flexibility index (Phi) is 9.27. The van der Waals surface area contributed by atoms with E-state index in [0.29, 0.717) is 0 Å². The van der Waals surface area contributed by atoms with Crippen LogP contribution in [0.3, 0.4) is 0 Å². The second-order valence-electron chi connectivity index (χ2n) is 9.44. The van der Waals surface area contributed by atoms with Crippen molar-refractivity contribution < 1.29 is 0 Å². The van der Waals surface area contributed by atoms with Gasteiger partial charge in [-0.25, -0.2) is 0 Å². The summed E-state index contributed by atoms with van der Waals surface area (Å²) in [4.78, 5) is 0. The van der Waals surface area contributed by atoms with E-state index in [1.807, 2.05) is 0 Å². The standard InChI is InChI=1S/C27H39Cl/c1-2-3-4-5-6-7-22-8-12-24(13-9-22)26-16-18-27(19-17-26)25-14-10-23(11-15-25)20-21-28/h10-11,14-15,22,24,26-27H,2-9,12-13,16-19H2,1H3/t22-,24-,26?,27?. The van der Waals surface area contributed by atoms with Gasteiger partial charge in [0.25, 0.3) is 0 Å². The molecule has 3 rings (SSSR count). The van der Waals surface area contributed by atoms with Crippen LogP contribution in [0.15, 0.2) is 24.3 Å². The molecule has 1 heteroatoms. The zero-order valence-electron chi connectivity index (χ0n) is 17.9. The quantitative estimate of drug-likeness (QED) is 0.303. The van der Waals surface area contributed by atoms with Gasteiger partial charge >= 0.3 is 0 Å². The molecule has 0 unspecified atom stereocenters. The van der Waals surface area contributed by atoms with E-state index in [2.05, 4.69) is 42.5 Å². The first-order valence-electron chi connectivity index (χ1n) is 12.0. The third-order valence-electron chi connectivity index (χ3n) is 7.62. The molecule has 1 aromatic rings. The molecule has 0 N–H and O–H groups in total. The average molecular weight is 399 g/mol. The molecule has 2 saturated carbocycles. The van der Waals surface area contributed by atoms with E-state index in [4.69, 9.17) is 11.6 Å². The van der Waals surface area contributed by atoms with Gasteiger partial charge in [-0.2, -0.15) is 0 Å². The Balaban J connectivity index is 1.36. The van der Waals surface area contributed by atoms with Crippen molar-refractivity contribution in [1.82, 2.24) is 0 Å². The zero-order chi connectivity index (χ0) is 19.6. The Labute approximate surface area is 178 Å². The highest BCUT2D eigenvalue weighted by molar-refractivity contribution is 6.30. The van der Waals surface area contributed by atoms with Gasteiger partial charge in [-0.15, -0.1) is 0 Å². The third kappa shape index (κ3) is 6.56. The van der Waals surface area contributed by atoms with E-state index in [-0.39, 0.29) is 0 Å². The maximum Gasteiger partial charge on any atom is 0.0258 e. The molecule has 0 nitrogen and oxygen atoms in total. The van der Waals surface area contributed by atoms with E-state index in [1.54, 1.807) is 0 Å². The van der Waals surface area contributed by atoms with Gasteiger partial charge < -0.3 is 0 Å². The van der Waals surface area contributed by atoms with Gasteiger partial charge in [-0.1, -0.05) is 70.4 Å². The molecule has 0 heterocycles. The lowest BCUT2D eigenvalue weighted by molar-refractivity contribution is 0.155. The summed E-state index contributed by atoms with van der Waals surface area (Å²) in [5, 5.41) is 2.47. The van der Waals surface area contributed by atoms with Crippen LogP contribution in [0.1, 0.15) is 114 Å². The van der Waals surface area contributed by atoms with Crippen molar-refractivity contribution in [1.29, 1.82) is 0 Å². The number of benzene rings is 1. The Morgan fingerprint density at radius 3 is 2.00 bits per heavy atom. The Morgan fingerprint density at radius 1 is 0.786 bits per heavy atom. The summed E-state index contributed by atoms with van der Waals surface area (Å²) in [6.45, 7) is 2.31. The lowest BCUT2D eigenvalue weighted by Gasteiger charge is -2.38. The van der Waals surface area contributed by atoms with Crippen molar-refractivity contribution in [2.24, 2.45) is 17.8 Å². The summed E-state index contributed by atoms with van der Waals surface area (Å²) in [7, 11) is 0. The number of hydrogen-bond donors (Lipinski definition) is 0. The Hall–Kier alpha value is -0.930. The first-order chi connectivity index (χ1) is 13.8. The van der Waals surface area contributed by atoms with E-state index < -0.39 is 0 Å². The fourth-order valence-electron chi connectivity index (χ4n) is 5.80. The largest absolute Gasteiger partial charge is 0.0654 e. The first kappa shape index (κ1) is 21.8. The number of hydrogen-bond acceptors (Lipinski definition) is 0. The lowest BCUT2D eigenvalue weighted by Crippen LogP contribution is -2.25. The van der Waals surface area contributed by atoms with Crippen molar-refractivity contribution in [2.45, 2.75) is 103 Å². The second kappa shape index (κ2) is 11.9. The fraction of sp³-hybridized carbons (Fsp3) is 0.704. The van der Waals surface area contributed by atoms with Gasteiger partial charge in [-0.3, -0.25) is 0 Å². The molecule has 0 aliphatic heterocycles. The summed E-state index contributed by atoms with van der Waals surface area (Å²) in [5.74, 6) is 6.76. The van der Waals surface area contributed by atoms with E-state index in [9.17, 15) is 0 Å². The molecular formula is C27H39Cl. The molecule has 2 aliphatic rings. The maximum atomic E-state index is 5.51. The summed E-state index contributed by atoms with van der Waals surface area (Å²) >= 11 is 5.51. The first-order valence-corrected chi connectivity index (χ1v) is 12.4. The fourth-order valence-corrected chi connectivity index (χ4v) is 5.91. The predicted octanol–water partition coefficient (Wildman–Crippen LogP) is 8.68. The maximum absolute atomic E-state index is 5.51. The molecule has 28 heavy (non-hydrogen) atoms. The summed E-state index contributed by atoms with van der Waals surface area (Å²) in [6, 6.07) is 8.79. The molecule has 0 aromatic heterocycles. The van der Waals surface area contributed by atoms with Crippen molar-refractivity contribution in [3.63, 3.8) is 0 Å². The van der Waals surface area contributed by atoms with Crippen molar-refractivity contribution in [3.8, 4) is 11.3 Å². The molecule has 0 radical (unpaired) electrons. The van der Waals surface area contributed by atoms with Gasteiger partial charge in [0.15, 0.2) is 0 Å². The molecule has 2 fully saturated rings. The highest BCUT2D eigenvalue weighted by Crippen LogP contribution is 2.44. The minimum atomic E-state index is 0.758. The lowest BCUT2D eigenvalue weighted by atomic mass is 9.68. The highest BCUT2D eigenvalue weighted by Gasteiger charge is 2.31. The monoisotopic (exact) mass is 398 g/mol. The molecule has 0 saturated heterocycles. The smallest absolute Gasteiger partial charge is 0.0258 e. The van der Waals surface area contributed by atoms with Crippen molar-refractivity contribution in [3.05, 3.63) is 35.4 Å². The van der Waals surface area contributed by atoms with Gasteiger partial charge in [-0.05, 0) is 97.4 Å². The van der Waals surface area contributed by atoms with Crippen LogP contribution in [-0.4, -0.2) is 0 Å². The topological polar surface area (TPSA) is 0 Å². The zero-order valence-corrected chi connectivity index (χ0v) is 18.7. The van der Waals surface area contributed by atoms with Crippen LogP contribution in [0.2, 0.25) is 0 Å². The van der Waals surface area contributed by atoms with Gasteiger partial charge in [0.1, 0.15) is 0 Å². The molecular weight excluding hydrogens is 360 g/mol. The number of unbranched alkanes of at least 4 members (excludes halogenated alkanes) is 4. The number of halogens is 1. The van der Waals surface area contributed by atoms with Gasteiger partial charge in [0.05, 0.1) is 0 Å². The molecule has 154 valence electrons.